The summed E-state index contributed by atoms with van der Waals surface area (Å²) in [5.41, 5.74) is 8.94. The first-order valence-electron chi connectivity index (χ1n) is 9.03. The summed E-state index contributed by atoms with van der Waals surface area (Å²) in [6.07, 6.45) is 0.739. The van der Waals surface area contributed by atoms with Crippen molar-refractivity contribution in [2.45, 2.75) is 33.4 Å². The van der Waals surface area contributed by atoms with E-state index in [9.17, 15) is 0 Å². The van der Waals surface area contributed by atoms with Gasteiger partial charge in [-0.25, -0.2) is 4.68 Å². The van der Waals surface area contributed by atoms with Gasteiger partial charge in [-0.15, -0.1) is 5.10 Å². The molecule has 7 heteroatoms. The zero-order chi connectivity index (χ0) is 19.2. The third-order valence-corrected chi connectivity index (χ3v) is 4.43. The van der Waals surface area contributed by atoms with Crippen molar-refractivity contribution in [2.24, 2.45) is 11.7 Å². The lowest BCUT2D eigenvalue weighted by atomic mass is 10.1. The van der Waals surface area contributed by atoms with E-state index >= 15 is 0 Å². The standard InChI is InChI=1S/C20H24ClN5O/c1-14(2)13-26-20(23-24-25-26)16-4-3-5-19(11-16)27-9-8-15-10-18(21)7-6-17(15)12-22/h3-7,10-11,14H,8-9,12-13,22H2,1-2H3. The molecule has 27 heavy (non-hydrogen) atoms. The van der Waals surface area contributed by atoms with Gasteiger partial charge in [0.25, 0.3) is 0 Å². The highest BCUT2D eigenvalue weighted by Crippen LogP contribution is 2.23. The van der Waals surface area contributed by atoms with E-state index in [1.807, 2.05) is 47.1 Å². The highest BCUT2D eigenvalue weighted by molar-refractivity contribution is 6.30. The van der Waals surface area contributed by atoms with Crippen molar-refractivity contribution in [3.63, 3.8) is 0 Å². The lowest BCUT2D eigenvalue weighted by molar-refractivity contribution is 0.321. The first-order chi connectivity index (χ1) is 13.1. The predicted octanol–water partition coefficient (Wildman–Crippen LogP) is 3.73. The molecule has 0 bridgehead atoms. The largest absolute Gasteiger partial charge is 0.493 e. The van der Waals surface area contributed by atoms with Crippen LogP contribution in [0.15, 0.2) is 42.5 Å². The molecule has 3 aromatic rings. The maximum atomic E-state index is 6.10. The second kappa shape index (κ2) is 8.97. The number of tetrazole rings is 1. The van der Waals surface area contributed by atoms with Crippen LogP contribution < -0.4 is 10.5 Å². The van der Waals surface area contributed by atoms with E-state index in [2.05, 4.69) is 29.4 Å². The normalized spacial score (nSPS) is 11.1. The molecule has 1 aromatic heterocycles. The molecule has 0 radical (unpaired) electrons. The van der Waals surface area contributed by atoms with Gasteiger partial charge < -0.3 is 10.5 Å². The Morgan fingerprint density at radius 1 is 1.15 bits per heavy atom. The first-order valence-corrected chi connectivity index (χ1v) is 9.41. The number of benzene rings is 2. The summed E-state index contributed by atoms with van der Waals surface area (Å²) < 4.78 is 7.77. The molecule has 0 saturated heterocycles. The van der Waals surface area contributed by atoms with Gasteiger partial charge in [-0.05, 0) is 51.7 Å². The molecule has 0 fully saturated rings. The molecular formula is C20H24ClN5O. The summed E-state index contributed by atoms with van der Waals surface area (Å²) in [5, 5.41) is 12.8. The second-order valence-electron chi connectivity index (χ2n) is 6.82. The van der Waals surface area contributed by atoms with E-state index in [-0.39, 0.29) is 0 Å². The summed E-state index contributed by atoms with van der Waals surface area (Å²) >= 11 is 6.10. The van der Waals surface area contributed by atoms with E-state index in [0.29, 0.717) is 24.1 Å². The topological polar surface area (TPSA) is 78.8 Å². The van der Waals surface area contributed by atoms with Crippen LogP contribution in [0.5, 0.6) is 5.75 Å². The fourth-order valence-electron chi connectivity index (χ4n) is 2.91. The summed E-state index contributed by atoms with van der Waals surface area (Å²) in [5.74, 6) is 1.98. The Bertz CT molecular complexity index is 894. The number of ether oxygens (including phenoxy) is 1. The number of hydrogen-bond acceptors (Lipinski definition) is 5. The van der Waals surface area contributed by atoms with Crippen molar-refractivity contribution in [2.75, 3.05) is 6.61 Å². The van der Waals surface area contributed by atoms with Gasteiger partial charge in [0.15, 0.2) is 5.82 Å². The minimum absolute atomic E-state index is 0.459. The van der Waals surface area contributed by atoms with E-state index in [1.54, 1.807) is 0 Å². The fraction of sp³-hybridized carbons (Fsp3) is 0.350. The number of halogens is 1. The highest BCUT2D eigenvalue weighted by atomic mass is 35.5. The SMILES string of the molecule is CC(C)Cn1nnnc1-c1cccc(OCCc2cc(Cl)ccc2CN)c1. The summed E-state index contributed by atoms with van der Waals surface area (Å²) in [7, 11) is 0. The molecule has 3 rings (SSSR count). The fourth-order valence-corrected chi connectivity index (χ4v) is 3.11. The number of nitrogens with two attached hydrogens (primary N) is 1. The molecule has 0 spiro atoms. The zero-order valence-corrected chi connectivity index (χ0v) is 16.4. The number of hydrogen-bond donors (Lipinski definition) is 1. The van der Waals surface area contributed by atoms with Gasteiger partial charge in [0.2, 0.25) is 0 Å². The maximum Gasteiger partial charge on any atom is 0.182 e. The van der Waals surface area contributed by atoms with Crippen molar-refractivity contribution >= 4 is 11.6 Å². The molecule has 142 valence electrons. The molecular weight excluding hydrogens is 362 g/mol. The molecule has 0 aliphatic carbocycles. The smallest absolute Gasteiger partial charge is 0.182 e. The van der Waals surface area contributed by atoms with Crippen LogP contribution in [0.3, 0.4) is 0 Å². The third kappa shape index (κ3) is 5.05. The van der Waals surface area contributed by atoms with Crippen LogP contribution in [-0.2, 0) is 19.5 Å². The average Bonchev–Trinajstić information content (AvgIpc) is 3.09. The minimum atomic E-state index is 0.459. The van der Waals surface area contributed by atoms with E-state index in [1.165, 1.54) is 0 Å². The lowest BCUT2D eigenvalue weighted by Crippen LogP contribution is -2.08. The Hall–Kier alpha value is -2.44. The van der Waals surface area contributed by atoms with E-state index in [0.717, 1.165) is 41.2 Å². The highest BCUT2D eigenvalue weighted by Gasteiger charge is 2.11. The number of nitrogens with zero attached hydrogens (tertiary/aromatic N) is 4. The van der Waals surface area contributed by atoms with Gasteiger partial charge in [-0.3, -0.25) is 0 Å². The number of aromatic nitrogens is 4. The van der Waals surface area contributed by atoms with Crippen LogP contribution >= 0.6 is 11.6 Å². The van der Waals surface area contributed by atoms with E-state index < -0.39 is 0 Å². The molecule has 0 aliphatic heterocycles. The molecule has 0 saturated carbocycles. The van der Waals surface area contributed by atoms with Crippen LogP contribution in [0, 0.1) is 5.92 Å². The van der Waals surface area contributed by atoms with Crippen LogP contribution in [0.25, 0.3) is 11.4 Å². The Labute approximate surface area is 164 Å². The molecule has 0 aliphatic rings. The van der Waals surface area contributed by atoms with Crippen LogP contribution in [0.1, 0.15) is 25.0 Å². The summed E-state index contributed by atoms with van der Waals surface area (Å²) in [6, 6.07) is 13.6. The monoisotopic (exact) mass is 385 g/mol. The lowest BCUT2D eigenvalue weighted by Gasteiger charge is -2.11. The van der Waals surface area contributed by atoms with Crippen LogP contribution in [-0.4, -0.2) is 26.8 Å². The number of rotatable bonds is 8. The summed E-state index contributed by atoms with van der Waals surface area (Å²) in [6.45, 7) is 6.06. The van der Waals surface area contributed by atoms with Crippen molar-refractivity contribution < 1.29 is 4.74 Å². The van der Waals surface area contributed by atoms with Gasteiger partial charge in [-0.1, -0.05) is 43.6 Å². The predicted molar refractivity (Wildman–Crippen MR) is 107 cm³/mol. The Morgan fingerprint density at radius 2 is 2.00 bits per heavy atom. The Kier molecular flexibility index (Phi) is 6.42. The molecule has 2 aromatic carbocycles. The van der Waals surface area contributed by atoms with Gasteiger partial charge in [0.1, 0.15) is 5.75 Å². The van der Waals surface area contributed by atoms with Crippen molar-refractivity contribution in [3.05, 3.63) is 58.6 Å². The first kappa shape index (κ1) is 19.3. The molecule has 1 heterocycles. The van der Waals surface area contributed by atoms with Gasteiger partial charge in [0.05, 0.1) is 6.61 Å². The molecule has 2 N–H and O–H groups in total. The van der Waals surface area contributed by atoms with Crippen molar-refractivity contribution in [1.29, 1.82) is 0 Å². The molecule has 0 unspecified atom stereocenters. The Morgan fingerprint density at radius 3 is 2.78 bits per heavy atom. The van der Waals surface area contributed by atoms with E-state index in [4.69, 9.17) is 22.1 Å². The van der Waals surface area contributed by atoms with Gasteiger partial charge in [-0.2, -0.15) is 0 Å². The summed E-state index contributed by atoms with van der Waals surface area (Å²) in [4.78, 5) is 0. The van der Waals surface area contributed by atoms with Crippen LogP contribution in [0.4, 0.5) is 0 Å². The Balaban J connectivity index is 1.68. The maximum absolute atomic E-state index is 6.10. The van der Waals surface area contributed by atoms with Crippen molar-refractivity contribution in [3.8, 4) is 17.1 Å². The second-order valence-corrected chi connectivity index (χ2v) is 7.26. The van der Waals surface area contributed by atoms with Crippen molar-refractivity contribution in [1.82, 2.24) is 20.2 Å². The molecule has 6 nitrogen and oxygen atoms in total. The van der Waals surface area contributed by atoms with Gasteiger partial charge in [0, 0.05) is 30.1 Å². The molecule has 0 amide bonds. The van der Waals surface area contributed by atoms with Gasteiger partial charge >= 0.3 is 0 Å². The quantitative estimate of drug-likeness (QED) is 0.639. The third-order valence-electron chi connectivity index (χ3n) is 4.19. The van der Waals surface area contributed by atoms with Crippen LogP contribution in [0.2, 0.25) is 5.02 Å². The molecule has 0 atom stereocenters. The minimum Gasteiger partial charge on any atom is -0.493 e. The zero-order valence-electron chi connectivity index (χ0n) is 15.6. The average molecular weight is 386 g/mol.